The third-order valence-corrected chi connectivity index (χ3v) is 2.97. The molecule has 2 heteroatoms. The predicted octanol–water partition coefficient (Wildman–Crippen LogP) is 3.53. The van der Waals surface area contributed by atoms with Crippen LogP contribution in [-0.4, -0.2) is 19.7 Å². The molecule has 2 nitrogen and oxygen atoms in total. The molecule has 0 aromatic heterocycles. The summed E-state index contributed by atoms with van der Waals surface area (Å²) in [6.45, 7) is 4.98. The van der Waals surface area contributed by atoms with E-state index < -0.39 is 0 Å². The minimum absolute atomic E-state index is 0.111. The van der Waals surface area contributed by atoms with Crippen LogP contribution in [0.2, 0.25) is 0 Å². The monoisotopic (exact) mass is 243 g/mol. The van der Waals surface area contributed by atoms with Crippen LogP contribution in [0.15, 0.2) is 42.5 Å². The molecule has 1 unspecified atom stereocenters. The van der Waals surface area contributed by atoms with E-state index in [2.05, 4.69) is 61.6 Å². The average molecular weight is 243 g/mol. The van der Waals surface area contributed by atoms with Gasteiger partial charge in [-0.05, 0) is 43.3 Å². The van der Waals surface area contributed by atoms with Crippen LogP contribution in [0.3, 0.4) is 0 Å². The molecule has 2 rings (SSSR count). The second-order valence-corrected chi connectivity index (χ2v) is 4.84. The molecule has 0 heterocycles. The highest BCUT2D eigenvalue weighted by molar-refractivity contribution is 5.83. The molecule has 2 aromatic carbocycles. The first-order valence-electron chi connectivity index (χ1n) is 6.49. The van der Waals surface area contributed by atoms with Gasteiger partial charge < -0.3 is 10.1 Å². The lowest BCUT2D eigenvalue weighted by atomic mass is 10.0. The van der Waals surface area contributed by atoms with Crippen LogP contribution in [-0.2, 0) is 4.74 Å². The highest BCUT2D eigenvalue weighted by Gasteiger charge is 2.13. The molecule has 0 saturated heterocycles. The van der Waals surface area contributed by atoms with Gasteiger partial charge in [0.2, 0.25) is 0 Å². The Labute approximate surface area is 109 Å². The van der Waals surface area contributed by atoms with Crippen molar-refractivity contribution in [2.24, 2.45) is 0 Å². The quantitative estimate of drug-likeness (QED) is 0.867. The second kappa shape index (κ2) is 5.98. The van der Waals surface area contributed by atoms with Gasteiger partial charge in [-0.15, -0.1) is 0 Å². The van der Waals surface area contributed by atoms with E-state index in [1.807, 2.05) is 7.05 Å². The molecule has 0 aliphatic rings. The number of ether oxygens (including phenoxy) is 1. The molecular weight excluding hydrogens is 222 g/mol. The van der Waals surface area contributed by atoms with Crippen LogP contribution >= 0.6 is 0 Å². The molecule has 0 aliphatic heterocycles. The molecule has 0 bridgehead atoms. The molecule has 0 fully saturated rings. The summed E-state index contributed by atoms with van der Waals surface area (Å²) in [6, 6.07) is 15.0. The van der Waals surface area contributed by atoms with Crippen LogP contribution < -0.4 is 5.32 Å². The minimum atomic E-state index is 0.111. The number of rotatable bonds is 5. The summed E-state index contributed by atoms with van der Waals surface area (Å²) in [4.78, 5) is 0. The number of fused-ring (bicyclic) bond motifs is 1. The van der Waals surface area contributed by atoms with Crippen LogP contribution in [0.5, 0.6) is 0 Å². The zero-order chi connectivity index (χ0) is 13.0. The van der Waals surface area contributed by atoms with Crippen molar-refractivity contribution in [1.29, 1.82) is 0 Å². The van der Waals surface area contributed by atoms with Crippen molar-refractivity contribution >= 4 is 10.8 Å². The zero-order valence-corrected chi connectivity index (χ0v) is 11.3. The van der Waals surface area contributed by atoms with Crippen LogP contribution in [0.4, 0.5) is 0 Å². The van der Waals surface area contributed by atoms with Gasteiger partial charge in [-0.2, -0.15) is 0 Å². The first-order chi connectivity index (χ1) is 8.70. The SMILES string of the molecule is CNCC(OC(C)C)c1ccc2ccccc2c1. The van der Waals surface area contributed by atoms with Crippen molar-refractivity contribution in [1.82, 2.24) is 5.32 Å². The van der Waals surface area contributed by atoms with Gasteiger partial charge in [0.15, 0.2) is 0 Å². The number of nitrogens with one attached hydrogen (secondary N) is 1. The molecule has 2 aromatic rings. The van der Waals surface area contributed by atoms with E-state index in [1.165, 1.54) is 16.3 Å². The Balaban J connectivity index is 2.31. The highest BCUT2D eigenvalue weighted by atomic mass is 16.5. The Hall–Kier alpha value is -1.38. The van der Waals surface area contributed by atoms with Crippen LogP contribution in [0.1, 0.15) is 25.5 Å². The summed E-state index contributed by atoms with van der Waals surface area (Å²) in [5.74, 6) is 0. The summed E-state index contributed by atoms with van der Waals surface area (Å²) in [7, 11) is 1.96. The topological polar surface area (TPSA) is 21.3 Å². The summed E-state index contributed by atoms with van der Waals surface area (Å²) < 4.78 is 5.96. The van der Waals surface area contributed by atoms with E-state index in [-0.39, 0.29) is 12.2 Å². The molecule has 1 atom stereocenters. The van der Waals surface area contributed by atoms with Gasteiger partial charge in [-0.3, -0.25) is 0 Å². The lowest BCUT2D eigenvalue weighted by molar-refractivity contribution is 0.00821. The largest absolute Gasteiger partial charge is 0.370 e. The van der Waals surface area contributed by atoms with E-state index in [0.717, 1.165) is 6.54 Å². The predicted molar refractivity (Wildman–Crippen MR) is 76.8 cm³/mol. The van der Waals surface area contributed by atoms with Gasteiger partial charge in [-0.1, -0.05) is 36.4 Å². The number of hydrogen-bond acceptors (Lipinski definition) is 2. The molecule has 18 heavy (non-hydrogen) atoms. The molecule has 0 aliphatic carbocycles. The normalized spacial score (nSPS) is 13.1. The van der Waals surface area contributed by atoms with Crippen molar-refractivity contribution in [3.63, 3.8) is 0 Å². The highest BCUT2D eigenvalue weighted by Crippen LogP contribution is 2.23. The maximum absolute atomic E-state index is 5.96. The fourth-order valence-corrected chi connectivity index (χ4v) is 2.17. The lowest BCUT2D eigenvalue weighted by Gasteiger charge is -2.21. The van der Waals surface area contributed by atoms with Gasteiger partial charge in [0.05, 0.1) is 12.2 Å². The summed E-state index contributed by atoms with van der Waals surface area (Å²) in [5, 5.41) is 5.73. The molecule has 96 valence electrons. The molecule has 0 radical (unpaired) electrons. The fraction of sp³-hybridized carbons (Fsp3) is 0.375. The third-order valence-electron chi connectivity index (χ3n) is 2.97. The summed E-state index contributed by atoms with van der Waals surface area (Å²) >= 11 is 0. The number of benzene rings is 2. The van der Waals surface area contributed by atoms with E-state index >= 15 is 0 Å². The van der Waals surface area contributed by atoms with E-state index in [9.17, 15) is 0 Å². The minimum Gasteiger partial charge on any atom is -0.370 e. The number of hydrogen-bond donors (Lipinski definition) is 1. The average Bonchev–Trinajstić information content (AvgIpc) is 2.37. The zero-order valence-electron chi connectivity index (χ0n) is 11.3. The fourth-order valence-electron chi connectivity index (χ4n) is 2.17. The second-order valence-electron chi connectivity index (χ2n) is 4.84. The first-order valence-corrected chi connectivity index (χ1v) is 6.49. The van der Waals surface area contributed by atoms with Gasteiger partial charge in [0.1, 0.15) is 0 Å². The molecule has 1 N–H and O–H groups in total. The van der Waals surface area contributed by atoms with Crippen LogP contribution in [0, 0.1) is 0 Å². The van der Waals surface area contributed by atoms with Crippen LogP contribution in [0.25, 0.3) is 10.8 Å². The molecular formula is C16H21NO. The maximum Gasteiger partial charge on any atom is 0.0952 e. The van der Waals surface area contributed by atoms with E-state index in [4.69, 9.17) is 4.74 Å². The van der Waals surface area contributed by atoms with Crippen molar-refractivity contribution in [2.45, 2.75) is 26.1 Å². The molecule has 0 saturated carbocycles. The summed E-state index contributed by atoms with van der Waals surface area (Å²) in [5.41, 5.74) is 1.23. The Morgan fingerprint density at radius 1 is 1.06 bits per heavy atom. The maximum atomic E-state index is 5.96. The Morgan fingerprint density at radius 2 is 1.78 bits per heavy atom. The van der Waals surface area contributed by atoms with Crippen molar-refractivity contribution in [3.8, 4) is 0 Å². The third kappa shape index (κ3) is 3.09. The standard InChI is InChI=1S/C16H21NO/c1-12(2)18-16(11-17-3)15-9-8-13-6-4-5-7-14(13)10-15/h4-10,12,16-17H,11H2,1-3H3. The lowest BCUT2D eigenvalue weighted by Crippen LogP contribution is -2.22. The molecule has 0 amide bonds. The van der Waals surface area contributed by atoms with E-state index in [0.29, 0.717) is 0 Å². The summed E-state index contributed by atoms with van der Waals surface area (Å²) in [6.07, 6.45) is 0.342. The first kappa shape index (κ1) is 13.1. The Bertz CT molecular complexity index is 507. The van der Waals surface area contributed by atoms with Crippen molar-refractivity contribution in [2.75, 3.05) is 13.6 Å². The van der Waals surface area contributed by atoms with Gasteiger partial charge in [0.25, 0.3) is 0 Å². The number of likely N-dealkylation sites (N-methyl/N-ethyl adjacent to an activating group) is 1. The molecule has 0 spiro atoms. The Kier molecular flexibility index (Phi) is 4.34. The smallest absolute Gasteiger partial charge is 0.0952 e. The van der Waals surface area contributed by atoms with Crippen molar-refractivity contribution < 1.29 is 4.74 Å². The van der Waals surface area contributed by atoms with Gasteiger partial charge in [0, 0.05) is 6.54 Å². The van der Waals surface area contributed by atoms with Gasteiger partial charge >= 0.3 is 0 Å². The van der Waals surface area contributed by atoms with Gasteiger partial charge in [-0.25, -0.2) is 0 Å². The van der Waals surface area contributed by atoms with E-state index in [1.54, 1.807) is 0 Å². The van der Waals surface area contributed by atoms with Crippen molar-refractivity contribution in [3.05, 3.63) is 48.0 Å². The Morgan fingerprint density at radius 3 is 2.44 bits per heavy atom.